The maximum atomic E-state index is 12.2. The van der Waals surface area contributed by atoms with Crippen molar-refractivity contribution in [3.05, 3.63) is 58.5 Å². The van der Waals surface area contributed by atoms with E-state index in [4.69, 9.17) is 9.88 Å². The molecule has 0 saturated heterocycles. The van der Waals surface area contributed by atoms with Gasteiger partial charge in [0.15, 0.2) is 0 Å². The van der Waals surface area contributed by atoms with E-state index in [1.807, 2.05) is 4.86 Å². The normalized spacial score (nSPS) is 15.3. The average molecular weight is 433 g/mol. The van der Waals surface area contributed by atoms with E-state index in [2.05, 4.69) is 5.32 Å². The van der Waals surface area contributed by atoms with Gasteiger partial charge in [0.2, 0.25) is 0 Å². The van der Waals surface area contributed by atoms with Crippen LogP contribution in [0.4, 0.5) is 5.69 Å². The summed E-state index contributed by atoms with van der Waals surface area (Å²) in [6.45, 7) is 0. The number of amides is 1. The third-order valence-corrected chi connectivity index (χ3v) is 6.72. The third-order valence-electron chi connectivity index (χ3n) is 3.73. The standard InChI is InChI=1S/C17H14AsN2O5S/c1-25-17(22)10-2-7-15-13(8-10)14(16(21)20-15)9-18-11-3-5-12(6-4-11)26(19,23)24/h2-9H,1H3,(H,20,21)(H2,19,23,24). The number of nitrogens with one attached hydrogen (secondary N) is 1. The van der Waals surface area contributed by atoms with Gasteiger partial charge >= 0.3 is 157 Å². The number of hydrogen-bond donors (Lipinski definition) is 2. The molecule has 0 saturated carbocycles. The fourth-order valence-corrected chi connectivity index (χ4v) is 4.73. The van der Waals surface area contributed by atoms with Gasteiger partial charge in [0.25, 0.3) is 0 Å². The number of carbonyl (C=O) groups excluding carboxylic acids is 2. The molecule has 0 aliphatic carbocycles. The van der Waals surface area contributed by atoms with Crippen LogP contribution in [0.25, 0.3) is 5.57 Å². The molecule has 1 aliphatic heterocycles. The van der Waals surface area contributed by atoms with Crippen molar-refractivity contribution in [3.63, 3.8) is 0 Å². The van der Waals surface area contributed by atoms with Gasteiger partial charge in [-0.3, -0.25) is 0 Å². The van der Waals surface area contributed by atoms with E-state index in [-0.39, 0.29) is 10.8 Å². The number of benzene rings is 2. The van der Waals surface area contributed by atoms with E-state index in [1.165, 1.54) is 19.2 Å². The van der Waals surface area contributed by atoms with Crippen molar-refractivity contribution >= 4 is 53.3 Å². The van der Waals surface area contributed by atoms with Gasteiger partial charge in [0.05, 0.1) is 0 Å². The summed E-state index contributed by atoms with van der Waals surface area (Å²) in [4.78, 5) is 25.8. The van der Waals surface area contributed by atoms with E-state index < -0.39 is 31.7 Å². The molecule has 133 valence electrons. The zero-order chi connectivity index (χ0) is 18.9. The van der Waals surface area contributed by atoms with E-state index in [0.717, 1.165) is 4.35 Å². The number of esters is 1. The van der Waals surface area contributed by atoms with E-state index in [9.17, 15) is 18.0 Å². The van der Waals surface area contributed by atoms with Gasteiger partial charge in [-0.05, 0) is 0 Å². The Hall–Kier alpha value is -2.41. The number of carbonyl (C=O) groups is 2. The van der Waals surface area contributed by atoms with Crippen LogP contribution in [-0.4, -0.2) is 43.2 Å². The minimum absolute atomic E-state index is 0.0433. The van der Waals surface area contributed by atoms with Crippen molar-refractivity contribution in [2.45, 2.75) is 4.90 Å². The first-order chi connectivity index (χ1) is 12.3. The molecule has 0 fully saturated rings. The summed E-state index contributed by atoms with van der Waals surface area (Å²) in [5.41, 5.74) is 2.14. The van der Waals surface area contributed by atoms with Gasteiger partial charge in [-0.1, -0.05) is 0 Å². The molecule has 2 aromatic carbocycles. The van der Waals surface area contributed by atoms with Crippen LogP contribution in [0.5, 0.6) is 0 Å². The Morgan fingerprint density at radius 2 is 1.88 bits per heavy atom. The van der Waals surface area contributed by atoms with Crippen molar-refractivity contribution in [2.24, 2.45) is 5.14 Å². The molecule has 0 unspecified atom stereocenters. The van der Waals surface area contributed by atoms with Crippen LogP contribution >= 0.6 is 0 Å². The SMILES string of the molecule is COC(=O)c1ccc2c(c1)C(=C[As]c1ccc(S(N)(=O)=O)cc1)C(=O)N2. The van der Waals surface area contributed by atoms with E-state index in [0.29, 0.717) is 22.4 Å². The molecule has 1 amide bonds. The zero-order valence-electron chi connectivity index (χ0n) is 13.6. The molecule has 1 heterocycles. The summed E-state index contributed by atoms with van der Waals surface area (Å²) in [5.74, 6) is -0.711. The van der Waals surface area contributed by atoms with Crippen molar-refractivity contribution in [2.75, 3.05) is 12.4 Å². The van der Waals surface area contributed by atoms with Crippen molar-refractivity contribution in [1.29, 1.82) is 0 Å². The van der Waals surface area contributed by atoms with Crippen LogP contribution in [0.2, 0.25) is 0 Å². The Morgan fingerprint density at radius 1 is 1.19 bits per heavy atom. The summed E-state index contributed by atoms with van der Waals surface area (Å²) in [6, 6.07) is 11.1. The molecule has 1 radical (unpaired) electrons. The Labute approximate surface area is 157 Å². The molecule has 9 heteroatoms. The Bertz CT molecular complexity index is 1030. The number of anilines is 1. The number of methoxy groups -OCH3 is 1. The Kier molecular flexibility index (Phi) is 5.00. The van der Waals surface area contributed by atoms with Crippen molar-refractivity contribution in [3.8, 4) is 0 Å². The molecule has 0 spiro atoms. The van der Waals surface area contributed by atoms with Crippen LogP contribution in [0.15, 0.2) is 52.2 Å². The maximum absolute atomic E-state index is 12.2. The Balaban J connectivity index is 1.88. The molecule has 0 atom stereocenters. The van der Waals surface area contributed by atoms with Crippen molar-refractivity contribution < 1.29 is 22.7 Å². The molecular formula is C17H14AsN2O5S. The topological polar surface area (TPSA) is 116 Å². The summed E-state index contributed by atoms with van der Waals surface area (Å²) in [7, 11) is -2.43. The molecule has 3 N–H and O–H groups in total. The van der Waals surface area contributed by atoms with Crippen LogP contribution in [-0.2, 0) is 19.6 Å². The van der Waals surface area contributed by atoms with Crippen LogP contribution in [0.1, 0.15) is 15.9 Å². The number of rotatable bonds is 4. The molecule has 7 nitrogen and oxygen atoms in total. The van der Waals surface area contributed by atoms with Crippen LogP contribution < -0.4 is 14.8 Å². The van der Waals surface area contributed by atoms with Gasteiger partial charge in [-0.2, -0.15) is 0 Å². The van der Waals surface area contributed by atoms with E-state index >= 15 is 0 Å². The number of nitrogens with two attached hydrogens (primary N) is 1. The molecule has 26 heavy (non-hydrogen) atoms. The molecule has 3 rings (SSSR count). The number of hydrogen-bond acceptors (Lipinski definition) is 5. The summed E-state index contributed by atoms with van der Waals surface area (Å²) >= 11 is -0.530. The Morgan fingerprint density at radius 3 is 2.50 bits per heavy atom. The van der Waals surface area contributed by atoms with Gasteiger partial charge in [-0.15, -0.1) is 0 Å². The summed E-state index contributed by atoms with van der Waals surface area (Å²) in [5, 5.41) is 7.84. The quantitative estimate of drug-likeness (QED) is 0.413. The number of ether oxygens (including phenoxy) is 1. The predicted molar refractivity (Wildman–Crippen MR) is 97.6 cm³/mol. The minimum atomic E-state index is -3.73. The monoisotopic (exact) mass is 433 g/mol. The predicted octanol–water partition coefficient (Wildman–Crippen LogP) is 0.443. The summed E-state index contributed by atoms with van der Waals surface area (Å²) in [6.07, 6.45) is 0. The number of sulfonamides is 1. The molecule has 0 bridgehead atoms. The van der Waals surface area contributed by atoms with Gasteiger partial charge in [0.1, 0.15) is 0 Å². The molecule has 1 aliphatic rings. The third kappa shape index (κ3) is 3.72. The molecule has 2 aromatic rings. The first kappa shape index (κ1) is 18.4. The van der Waals surface area contributed by atoms with Gasteiger partial charge in [0, 0.05) is 0 Å². The second-order valence-corrected chi connectivity index (χ2v) is 9.15. The van der Waals surface area contributed by atoms with Crippen LogP contribution in [0, 0.1) is 0 Å². The van der Waals surface area contributed by atoms with Crippen LogP contribution in [0.3, 0.4) is 0 Å². The van der Waals surface area contributed by atoms with Gasteiger partial charge < -0.3 is 0 Å². The summed E-state index contributed by atoms with van der Waals surface area (Å²) < 4.78 is 28.2. The van der Waals surface area contributed by atoms with Gasteiger partial charge in [-0.25, -0.2) is 0 Å². The fourth-order valence-electron chi connectivity index (χ4n) is 2.42. The number of fused-ring (bicyclic) bond motifs is 1. The first-order valence-corrected chi connectivity index (χ1v) is 10.9. The second-order valence-electron chi connectivity index (χ2n) is 5.42. The number of primary sulfonamides is 1. The fraction of sp³-hybridized carbons (Fsp3) is 0.0588. The average Bonchev–Trinajstić information content (AvgIpc) is 2.93. The zero-order valence-corrected chi connectivity index (χ0v) is 16.3. The second kappa shape index (κ2) is 7.07. The van der Waals surface area contributed by atoms with E-state index in [1.54, 1.807) is 30.3 Å². The van der Waals surface area contributed by atoms with Crippen molar-refractivity contribution in [1.82, 2.24) is 0 Å². The molecular weight excluding hydrogens is 419 g/mol. The first-order valence-electron chi connectivity index (χ1n) is 7.37. The molecule has 0 aromatic heterocycles.